The Morgan fingerprint density at radius 1 is 1.00 bits per heavy atom. The number of carbonyl (C=O) groups excluding carboxylic acids is 1. The molecular weight excluding hydrogens is 445 g/mol. The van der Waals surface area contributed by atoms with E-state index in [1.807, 2.05) is 0 Å². The molecule has 1 aliphatic rings. The minimum Gasteiger partial charge on any atom is -0.367 e. The molecule has 0 saturated carbocycles. The predicted molar refractivity (Wildman–Crippen MR) is 112 cm³/mol. The highest BCUT2D eigenvalue weighted by molar-refractivity contribution is 7.89. The third kappa shape index (κ3) is 6.54. The maximum Gasteiger partial charge on any atom is 0.411 e. The van der Waals surface area contributed by atoms with Crippen molar-refractivity contribution < 1.29 is 31.1 Å². The Kier molecular flexibility index (Phi) is 7.91. The summed E-state index contributed by atoms with van der Waals surface area (Å²) >= 11 is 0. The standard InChI is InChI=1S/C22H25F3N2O4S/c23-22(24,25)16-31-15-17-8-10-18(11-9-17)21(28)26-14-19-6-2-3-7-20(19)32(29,30)27-12-4-1-5-13-27/h2-3,6-11H,1,4-5,12-16H2,(H,26,28). The molecule has 0 bridgehead atoms. The van der Waals surface area contributed by atoms with E-state index < -0.39 is 28.7 Å². The fourth-order valence-corrected chi connectivity index (χ4v) is 5.20. The molecule has 0 atom stereocenters. The smallest absolute Gasteiger partial charge is 0.367 e. The maximum absolute atomic E-state index is 13.0. The van der Waals surface area contributed by atoms with Crippen LogP contribution < -0.4 is 5.32 Å². The molecule has 2 aromatic rings. The van der Waals surface area contributed by atoms with E-state index in [4.69, 9.17) is 0 Å². The van der Waals surface area contributed by atoms with Crippen LogP contribution in [0.15, 0.2) is 53.4 Å². The van der Waals surface area contributed by atoms with E-state index in [0.29, 0.717) is 29.8 Å². The number of alkyl halides is 3. The lowest BCUT2D eigenvalue weighted by atomic mass is 10.1. The summed E-state index contributed by atoms with van der Waals surface area (Å²) in [7, 11) is -3.64. The SMILES string of the molecule is O=C(NCc1ccccc1S(=O)(=O)N1CCCCC1)c1ccc(COCC(F)(F)F)cc1. The van der Waals surface area contributed by atoms with E-state index >= 15 is 0 Å². The van der Waals surface area contributed by atoms with Gasteiger partial charge in [-0.3, -0.25) is 4.79 Å². The van der Waals surface area contributed by atoms with Gasteiger partial charge in [-0.25, -0.2) is 8.42 Å². The van der Waals surface area contributed by atoms with Crippen LogP contribution in [0.1, 0.15) is 40.7 Å². The lowest BCUT2D eigenvalue weighted by molar-refractivity contribution is -0.176. The van der Waals surface area contributed by atoms with Crippen LogP contribution in [0.5, 0.6) is 0 Å². The van der Waals surface area contributed by atoms with E-state index in [0.717, 1.165) is 19.3 Å². The monoisotopic (exact) mass is 470 g/mol. The van der Waals surface area contributed by atoms with Crippen molar-refractivity contribution in [2.45, 2.75) is 43.5 Å². The zero-order valence-corrected chi connectivity index (χ0v) is 18.2. The molecule has 1 heterocycles. The van der Waals surface area contributed by atoms with Crippen molar-refractivity contribution in [3.63, 3.8) is 0 Å². The van der Waals surface area contributed by atoms with Gasteiger partial charge in [0.2, 0.25) is 10.0 Å². The Balaban J connectivity index is 1.62. The molecular formula is C22H25F3N2O4S. The average molecular weight is 471 g/mol. The second-order valence-corrected chi connectivity index (χ2v) is 9.47. The minimum atomic E-state index is -4.39. The summed E-state index contributed by atoms with van der Waals surface area (Å²) in [6.07, 6.45) is -1.72. The molecule has 2 aromatic carbocycles. The zero-order chi connectivity index (χ0) is 23.2. The molecule has 1 amide bonds. The number of nitrogens with zero attached hydrogens (tertiary/aromatic N) is 1. The van der Waals surface area contributed by atoms with Crippen molar-refractivity contribution in [1.82, 2.24) is 9.62 Å². The van der Waals surface area contributed by atoms with E-state index in [9.17, 15) is 26.4 Å². The topological polar surface area (TPSA) is 75.7 Å². The molecule has 0 aliphatic carbocycles. The van der Waals surface area contributed by atoms with Crippen molar-refractivity contribution in [3.05, 3.63) is 65.2 Å². The largest absolute Gasteiger partial charge is 0.411 e. The van der Waals surface area contributed by atoms with Crippen LogP contribution >= 0.6 is 0 Å². The Hall–Kier alpha value is -2.43. The summed E-state index contributed by atoms with van der Waals surface area (Å²) in [6.45, 7) is -0.555. The van der Waals surface area contributed by atoms with E-state index in [1.54, 1.807) is 24.3 Å². The second kappa shape index (κ2) is 10.5. The first-order valence-corrected chi connectivity index (χ1v) is 11.7. The number of carbonyl (C=O) groups is 1. The summed E-state index contributed by atoms with van der Waals surface area (Å²) in [5.41, 5.74) is 1.30. The number of sulfonamides is 1. The van der Waals surface area contributed by atoms with Gasteiger partial charge in [0.15, 0.2) is 0 Å². The van der Waals surface area contributed by atoms with Crippen molar-refractivity contribution in [2.75, 3.05) is 19.7 Å². The third-order valence-electron chi connectivity index (χ3n) is 5.10. The number of ether oxygens (including phenoxy) is 1. The van der Waals surface area contributed by atoms with Gasteiger partial charge in [-0.1, -0.05) is 36.8 Å². The van der Waals surface area contributed by atoms with E-state index in [1.165, 1.54) is 28.6 Å². The first kappa shape index (κ1) is 24.2. The molecule has 0 radical (unpaired) electrons. The second-order valence-electron chi connectivity index (χ2n) is 7.56. The van der Waals surface area contributed by atoms with Crippen LogP contribution in [0.4, 0.5) is 13.2 Å². The summed E-state index contributed by atoms with van der Waals surface area (Å²) in [5.74, 6) is -0.419. The van der Waals surface area contributed by atoms with E-state index in [2.05, 4.69) is 10.1 Å². The molecule has 3 rings (SSSR count). The molecule has 32 heavy (non-hydrogen) atoms. The first-order valence-electron chi connectivity index (χ1n) is 10.3. The molecule has 0 aromatic heterocycles. The Morgan fingerprint density at radius 3 is 2.31 bits per heavy atom. The third-order valence-corrected chi connectivity index (χ3v) is 7.09. The van der Waals surface area contributed by atoms with Gasteiger partial charge in [0.25, 0.3) is 5.91 Å². The fourth-order valence-electron chi connectivity index (χ4n) is 3.46. The Bertz CT molecular complexity index is 1020. The molecule has 10 heteroatoms. The zero-order valence-electron chi connectivity index (χ0n) is 17.4. The number of benzene rings is 2. The van der Waals surface area contributed by atoms with Gasteiger partial charge in [0.1, 0.15) is 6.61 Å². The highest BCUT2D eigenvalue weighted by atomic mass is 32.2. The number of piperidine rings is 1. The summed E-state index contributed by atoms with van der Waals surface area (Å²) in [5, 5.41) is 2.71. The van der Waals surface area contributed by atoms with Crippen molar-refractivity contribution >= 4 is 15.9 Å². The van der Waals surface area contributed by atoms with Crippen molar-refractivity contribution in [2.24, 2.45) is 0 Å². The summed E-state index contributed by atoms with van der Waals surface area (Å²) in [6, 6.07) is 12.6. The van der Waals surface area contributed by atoms with Crippen LogP contribution in [-0.4, -0.2) is 44.5 Å². The van der Waals surface area contributed by atoms with Gasteiger partial charge >= 0.3 is 6.18 Å². The molecule has 174 valence electrons. The molecule has 0 spiro atoms. The lowest BCUT2D eigenvalue weighted by Gasteiger charge is -2.26. The molecule has 1 aliphatic heterocycles. The van der Waals surface area contributed by atoms with Gasteiger partial charge in [0.05, 0.1) is 11.5 Å². The van der Waals surface area contributed by atoms with Crippen LogP contribution in [0.2, 0.25) is 0 Å². The first-order chi connectivity index (χ1) is 15.2. The number of hydrogen-bond acceptors (Lipinski definition) is 4. The van der Waals surface area contributed by atoms with Gasteiger partial charge in [0, 0.05) is 25.2 Å². The summed E-state index contributed by atoms with van der Waals surface area (Å²) < 4.78 is 68.6. The number of rotatable bonds is 8. The number of halogens is 3. The lowest BCUT2D eigenvalue weighted by Crippen LogP contribution is -2.36. The molecule has 0 unspecified atom stereocenters. The van der Waals surface area contributed by atoms with Crippen LogP contribution in [0, 0.1) is 0 Å². The average Bonchev–Trinajstić information content (AvgIpc) is 2.78. The fraction of sp³-hybridized carbons (Fsp3) is 0.409. The highest BCUT2D eigenvalue weighted by Gasteiger charge is 2.28. The van der Waals surface area contributed by atoms with Gasteiger partial charge < -0.3 is 10.1 Å². The van der Waals surface area contributed by atoms with Gasteiger partial charge in [-0.2, -0.15) is 17.5 Å². The quantitative estimate of drug-likeness (QED) is 0.636. The van der Waals surface area contributed by atoms with Crippen LogP contribution in [0.25, 0.3) is 0 Å². The predicted octanol–water partition coefficient (Wildman–Crippen LogP) is 3.87. The molecule has 1 saturated heterocycles. The molecule has 1 N–H and O–H groups in total. The highest BCUT2D eigenvalue weighted by Crippen LogP contribution is 2.23. The number of hydrogen-bond donors (Lipinski definition) is 1. The van der Waals surface area contributed by atoms with Crippen LogP contribution in [-0.2, 0) is 27.9 Å². The molecule has 6 nitrogen and oxygen atoms in total. The minimum absolute atomic E-state index is 0.0263. The Labute approximate surface area is 185 Å². The Morgan fingerprint density at radius 2 is 1.66 bits per heavy atom. The number of nitrogens with one attached hydrogen (secondary N) is 1. The van der Waals surface area contributed by atoms with E-state index in [-0.39, 0.29) is 18.0 Å². The maximum atomic E-state index is 13.0. The van der Waals surface area contributed by atoms with Gasteiger partial charge in [-0.15, -0.1) is 0 Å². The number of amides is 1. The van der Waals surface area contributed by atoms with Crippen LogP contribution in [0.3, 0.4) is 0 Å². The normalized spacial score (nSPS) is 15.5. The summed E-state index contributed by atoms with van der Waals surface area (Å²) in [4.78, 5) is 12.7. The van der Waals surface area contributed by atoms with Crippen molar-refractivity contribution in [3.8, 4) is 0 Å². The van der Waals surface area contributed by atoms with Crippen molar-refractivity contribution in [1.29, 1.82) is 0 Å². The molecule has 1 fully saturated rings. The van der Waals surface area contributed by atoms with Gasteiger partial charge in [-0.05, 0) is 42.2 Å².